The summed E-state index contributed by atoms with van der Waals surface area (Å²) >= 11 is 0. The maximum atomic E-state index is 13.1. The van der Waals surface area contributed by atoms with Gasteiger partial charge in [-0.15, -0.1) is 0 Å². The third-order valence-corrected chi connectivity index (χ3v) is 1.98. The molecular formula is C10H11F2NO. The van der Waals surface area contributed by atoms with Crippen LogP contribution >= 0.6 is 0 Å². The molecule has 1 aromatic carbocycles. The minimum atomic E-state index is -0.727. The lowest BCUT2D eigenvalue weighted by atomic mass is 10.0. The van der Waals surface area contributed by atoms with Gasteiger partial charge in [-0.25, -0.2) is 8.78 Å². The molecule has 0 spiro atoms. The molecule has 1 atom stereocenters. The maximum Gasteiger partial charge on any atom is 0.146 e. The molecule has 2 N–H and O–H groups in total. The first-order valence-corrected chi connectivity index (χ1v) is 4.20. The molecule has 0 amide bonds. The number of carbonyl (C=O) groups is 1. The molecule has 0 aliphatic rings. The lowest BCUT2D eigenvalue weighted by Crippen LogP contribution is -2.30. The number of hydrogen-bond acceptors (Lipinski definition) is 2. The highest BCUT2D eigenvalue weighted by atomic mass is 19.1. The highest BCUT2D eigenvalue weighted by Gasteiger charge is 2.12. The molecule has 4 heteroatoms. The second-order valence-corrected chi connectivity index (χ2v) is 3.16. The molecule has 0 saturated carbocycles. The molecule has 0 radical (unpaired) electrons. The molecule has 0 fully saturated rings. The van der Waals surface area contributed by atoms with Crippen molar-refractivity contribution in [1.82, 2.24) is 0 Å². The van der Waals surface area contributed by atoms with Crippen LogP contribution in [0.1, 0.15) is 12.5 Å². The molecule has 0 aliphatic heterocycles. The molecule has 0 aliphatic carbocycles. The van der Waals surface area contributed by atoms with Gasteiger partial charge in [0.1, 0.15) is 17.4 Å². The van der Waals surface area contributed by atoms with E-state index >= 15 is 0 Å². The van der Waals surface area contributed by atoms with Gasteiger partial charge in [0.05, 0.1) is 6.04 Å². The summed E-state index contributed by atoms with van der Waals surface area (Å²) < 4.78 is 25.6. The van der Waals surface area contributed by atoms with E-state index in [1.807, 2.05) is 0 Å². The minimum Gasteiger partial charge on any atom is -0.321 e. The molecule has 14 heavy (non-hydrogen) atoms. The van der Waals surface area contributed by atoms with E-state index < -0.39 is 17.7 Å². The third kappa shape index (κ3) is 2.60. The quantitative estimate of drug-likeness (QED) is 0.800. The fourth-order valence-corrected chi connectivity index (χ4v) is 1.07. The van der Waals surface area contributed by atoms with Gasteiger partial charge in [0.25, 0.3) is 0 Å². The molecule has 1 unspecified atom stereocenters. The number of halogens is 2. The van der Waals surface area contributed by atoms with Crippen LogP contribution in [0.4, 0.5) is 8.78 Å². The molecule has 2 nitrogen and oxygen atoms in total. The van der Waals surface area contributed by atoms with Gasteiger partial charge in [-0.3, -0.25) is 4.79 Å². The van der Waals surface area contributed by atoms with Crippen molar-refractivity contribution in [2.45, 2.75) is 19.4 Å². The Bertz CT molecular complexity index is 352. The van der Waals surface area contributed by atoms with Gasteiger partial charge < -0.3 is 5.73 Å². The van der Waals surface area contributed by atoms with Gasteiger partial charge in [0.15, 0.2) is 0 Å². The maximum absolute atomic E-state index is 13.1. The summed E-state index contributed by atoms with van der Waals surface area (Å²) in [4.78, 5) is 10.8. The Morgan fingerprint density at radius 1 is 1.50 bits per heavy atom. The van der Waals surface area contributed by atoms with Crippen molar-refractivity contribution in [3.8, 4) is 0 Å². The topological polar surface area (TPSA) is 43.1 Å². The van der Waals surface area contributed by atoms with Crippen LogP contribution in [0.25, 0.3) is 0 Å². The Hall–Kier alpha value is -1.29. The van der Waals surface area contributed by atoms with Crippen molar-refractivity contribution in [3.63, 3.8) is 0 Å². The molecule has 1 aromatic rings. The fourth-order valence-electron chi connectivity index (χ4n) is 1.07. The van der Waals surface area contributed by atoms with E-state index in [2.05, 4.69) is 0 Å². The summed E-state index contributed by atoms with van der Waals surface area (Å²) in [6, 6.07) is 2.50. The Balaban J connectivity index is 2.82. The number of carbonyl (C=O) groups excluding carboxylic acids is 1. The Labute approximate surface area is 80.7 Å². The van der Waals surface area contributed by atoms with Crippen LogP contribution in [0.5, 0.6) is 0 Å². The number of ketones is 1. The number of rotatable bonds is 3. The van der Waals surface area contributed by atoms with Crippen molar-refractivity contribution in [2.75, 3.05) is 0 Å². The zero-order valence-corrected chi connectivity index (χ0v) is 7.76. The number of benzene rings is 1. The number of nitrogens with two attached hydrogens (primary N) is 1. The lowest BCUT2D eigenvalue weighted by Gasteiger charge is -2.08. The van der Waals surface area contributed by atoms with E-state index in [1.165, 1.54) is 13.0 Å². The average molecular weight is 199 g/mol. The van der Waals surface area contributed by atoms with E-state index in [1.54, 1.807) is 0 Å². The Morgan fingerprint density at radius 2 is 2.14 bits per heavy atom. The molecular weight excluding hydrogens is 188 g/mol. The zero-order chi connectivity index (χ0) is 10.7. The van der Waals surface area contributed by atoms with Gasteiger partial charge in [-0.05, 0) is 25.0 Å². The van der Waals surface area contributed by atoms with Gasteiger partial charge in [-0.2, -0.15) is 0 Å². The lowest BCUT2D eigenvalue weighted by molar-refractivity contribution is -0.118. The van der Waals surface area contributed by atoms with Crippen LogP contribution < -0.4 is 5.73 Å². The van der Waals surface area contributed by atoms with Gasteiger partial charge >= 0.3 is 0 Å². The van der Waals surface area contributed by atoms with Crippen LogP contribution in [0.15, 0.2) is 18.2 Å². The first-order chi connectivity index (χ1) is 6.50. The third-order valence-electron chi connectivity index (χ3n) is 1.98. The van der Waals surface area contributed by atoms with E-state index in [-0.39, 0.29) is 17.8 Å². The first-order valence-electron chi connectivity index (χ1n) is 4.20. The van der Waals surface area contributed by atoms with Crippen molar-refractivity contribution in [2.24, 2.45) is 5.73 Å². The second-order valence-electron chi connectivity index (χ2n) is 3.16. The monoisotopic (exact) mass is 199 g/mol. The zero-order valence-electron chi connectivity index (χ0n) is 7.76. The SMILES string of the molecule is CC(=O)C(N)Cc1ccc(F)cc1F. The van der Waals surface area contributed by atoms with E-state index in [0.717, 1.165) is 12.1 Å². The Kier molecular flexibility index (Phi) is 3.30. The largest absolute Gasteiger partial charge is 0.321 e. The van der Waals surface area contributed by atoms with Crippen molar-refractivity contribution in [3.05, 3.63) is 35.4 Å². The predicted molar refractivity (Wildman–Crippen MR) is 48.7 cm³/mol. The van der Waals surface area contributed by atoms with Crippen molar-refractivity contribution < 1.29 is 13.6 Å². The van der Waals surface area contributed by atoms with E-state index in [9.17, 15) is 13.6 Å². The van der Waals surface area contributed by atoms with E-state index in [0.29, 0.717) is 0 Å². The Morgan fingerprint density at radius 3 is 2.64 bits per heavy atom. The minimum absolute atomic E-state index is 0.0987. The molecule has 0 bridgehead atoms. The second kappa shape index (κ2) is 4.28. The molecule has 1 rings (SSSR count). The van der Waals surface area contributed by atoms with Crippen molar-refractivity contribution in [1.29, 1.82) is 0 Å². The van der Waals surface area contributed by atoms with Crippen LogP contribution in [0.3, 0.4) is 0 Å². The predicted octanol–water partition coefficient (Wildman–Crippen LogP) is 1.42. The molecule has 0 aromatic heterocycles. The summed E-state index contributed by atoms with van der Waals surface area (Å²) in [7, 11) is 0. The molecule has 0 saturated heterocycles. The normalized spacial score (nSPS) is 12.6. The smallest absolute Gasteiger partial charge is 0.146 e. The van der Waals surface area contributed by atoms with E-state index in [4.69, 9.17) is 5.73 Å². The van der Waals surface area contributed by atoms with Gasteiger partial charge in [-0.1, -0.05) is 6.07 Å². The van der Waals surface area contributed by atoms with Crippen LogP contribution in [-0.4, -0.2) is 11.8 Å². The highest BCUT2D eigenvalue weighted by Crippen LogP contribution is 2.11. The first kappa shape index (κ1) is 10.8. The summed E-state index contributed by atoms with van der Waals surface area (Å²) in [5.74, 6) is -1.52. The standard InChI is InChI=1S/C10H11F2NO/c1-6(14)10(13)4-7-2-3-8(11)5-9(7)12/h2-3,5,10H,4,13H2,1H3. The van der Waals surface area contributed by atoms with Gasteiger partial charge in [0, 0.05) is 6.07 Å². The van der Waals surface area contributed by atoms with Crippen LogP contribution in [-0.2, 0) is 11.2 Å². The van der Waals surface area contributed by atoms with Crippen LogP contribution in [0, 0.1) is 11.6 Å². The van der Waals surface area contributed by atoms with Crippen molar-refractivity contribution >= 4 is 5.78 Å². The fraction of sp³-hybridized carbons (Fsp3) is 0.300. The molecule has 0 heterocycles. The summed E-state index contributed by atoms with van der Waals surface area (Å²) in [6.07, 6.45) is 0.0987. The highest BCUT2D eigenvalue weighted by molar-refractivity contribution is 5.81. The number of Topliss-reactive ketones (excluding diaryl/α,β-unsaturated/α-hetero) is 1. The van der Waals surface area contributed by atoms with Crippen LogP contribution in [0.2, 0.25) is 0 Å². The van der Waals surface area contributed by atoms with Gasteiger partial charge in [0.2, 0.25) is 0 Å². The molecule has 76 valence electrons. The summed E-state index contributed by atoms with van der Waals surface area (Å²) in [6.45, 7) is 1.34. The number of hydrogen-bond donors (Lipinski definition) is 1. The average Bonchev–Trinajstić information content (AvgIpc) is 2.09. The summed E-state index contributed by atoms with van der Waals surface area (Å²) in [5, 5.41) is 0. The summed E-state index contributed by atoms with van der Waals surface area (Å²) in [5.41, 5.74) is 5.70.